The quantitative estimate of drug-likeness (QED) is 0.557. The van der Waals surface area contributed by atoms with Crippen LogP contribution in [-0.2, 0) is 32.5 Å². The molecule has 0 aromatic heterocycles. The van der Waals surface area contributed by atoms with E-state index in [0.717, 1.165) is 22.3 Å². The van der Waals surface area contributed by atoms with Gasteiger partial charge in [-0.1, -0.05) is 12.1 Å². The molecule has 0 unspecified atom stereocenters. The van der Waals surface area contributed by atoms with Crippen molar-refractivity contribution < 1.29 is 27.4 Å². The van der Waals surface area contributed by atoms with Crippen LogP contribution in [0.1, 0.15) is 27.9 Å². The fourth-order valence-corrected chi connectivity index (χ4v) is 3.66. The lowest BCUT2D eigenvalue weighted by molar-refractivity contribution is 0.0600. The van der Waals surface area contributed by atoms with E-state index in [-0.39, 0.29) is 11.7 Å². The number of benzene rings is 2. The molecule has 0 fully saturated rings. The number of methoxy groups -OCH3 is 1. The molecule has 0 aliphatic carbocycles. The van der Waals surface area contributed by atoms with Crippen molar-refractivity contribution in [3.63, 3.8) is 0 Å². The van der Waals surface area contributed by atoms with Crippen molar-refractivity contribution in [2.24, 2.45) is 0 Å². The number of carbonyl (C=O) groups is 1. The van der Waals surface area contributed by atoms with Crippen LogP contribution in [0.3, 0.4) is 0 Å². The van der Waals surface area contributed by atoms with Gasteiger partial charge in [0.25, 0.3) is 0 Å². The maximum Gasteiger partial charge on any atom is 0.337 e. The summed E-state index contributed by atoms with van der Waals surface area (Å²) in [7, 11) is -1.62. The summed E-state index contributed by atoms with van der Waals surface area (Å²) in [5.74, 6) is 0.388. The van der Waals surface area contributed by atoms with Gasteiger partial charge in [0.15, 0.2) is 0 Å². The van der Waals surface area contributed by atoms with Gasteiger partial charge in [0.05, 0.1) is 38.2 Å². The molecule has 1 aliphatic heterocycles. The van der Waals surface area contributed by atoms with Gasteiger partial charge in [-0.2, -0.15) is 0 Å². The third-order valence-corrected chi connectivity index (χ3v) is 5.37. The zero-order valence-electron chi connectivity index (χ0n) is 15.4. The van der Waals surface area contributed by atoms with Gasteiger partial charge in [-0.15, -0.1) is 0 Å². The number of fused-ring (bicyclic) bond motifs is 3. The minimum Gasteiger partial charge on any atom is -0.494 e. The second-order valence-corrected chi connectivity index (χ2v) is 8.77. The first-order valence-corrected chi connectivity index (χ1v) is 10.7. The van der Waals surface area contributed by atoms with E-state index in [4.69, 9.17) is 14.2 Å². The fraction of sp³-hybridized carbons (Fsp3) is 0.350. The molecule has 0 amide bonds. The van der Waals surface area contributed by atoms with E-state index < -0.39 is 9.84 Å². The molecule has 7 heteroatoms. The van der Waals surface area contributed by atoms with Crippen molar-refractivity contribution in [3.05, 3.63) is 53.1 Å². The Morgan fingerprint density at radius 3 is 2.59 bits per heavy atom. The Kier molecular flexibility index (Phi) is 5.82. The number of sulfone groups is 1. The van der Waals surface area contributed by atoms with Gasteiger partial charge in [-0.25, -0.2) is 13.2 Å². The van der Waals surface area contributed by atoms with Crippen LogP contribution in [-0.4, -0.2) is 40.1 Å². The van der Waals surface area contributed by atoms with Crippen LogP contribution >= 0.6 is 0 Å². The summed E-state index contributed by atoms with van der Waals surface area (Å²) in [6, 6.07) is 11.1. The molecule has 0 N–H and O–H groups in total. The van der Waals surface area contributed by atoms with Crippen molar-refractivity contribution in [1.29, 1.82) is 0 Å². The van der Waals surface area contributed by atoms with E-state index >= 15 is 0 Å². The number of carbonyl (C=O) groups excluding carboxylic acids is 1. The first-order valence-electron chi connectivity index (χ1n) is 8.60. The molecule has 6 nitrogen and oxygen atoms in total. The van der Waals surface area contributed by atoms with E-state index in [2.05, 4.69) is 0 Å². The third kappa shape index (κ3) is 4.87. The highest BCUT2D eigenvalue weighted by Gasteiger charge is 2.18. The molecule has 0 saturated heterocycles. The average molecular weight is 390 g/mol. The second kappa shape index (κ2) is 8.10. The number of hydrogen-bond acceptors (Lipinski definition) is 6. The summed E-state index contributed by atoms with van der Waals surface area (Å²) in [5.41, 5.74) is 4.37. The van der Waals surface area contributed by atoms with E-state index in [9.17, 15) is 13.2 Å². The maximum absolute atomic E-state index is 11.9. The van der Waals surface area contributed by atoms with Gasteiger partial charge in [0.1, 0.15) is 15.6 Å². The second-order valence-electron chi connectivity index (χ2n) is 6.51. The monoisotopic (exact) mass is 390 g/mol. The standard InChI is InChI=1S/C20H22O6S/c1-24-20(21)14-4-5-15-12-25-13-16-10-17(6-7-18(16)19(15)11-14)26-8-3-9-27(2,22)23/h4-7,10-11H,3,8-9,12-13H2,1-2H3. The molecule has 0 saturated carbocycles. The van der Waals surface area contributed by atoms with Gasteiger partial charge >= 0.3 is 5.97 Å². The Labute approximate surface area is 159 Å². The predicted octanol–water partition coefficient (Wildman–Crippen LogP) is 2.98. The van der Waals surface area contributed by atoms with Gasteiger partial charge in [-0.05, 0) is 52.9 Å². The topological polar surface area (TPSA) is 78.9 Å². The lowest BCUT2D eigenvalue weighted by Gasteiger charge is -2.12. The zero-order valence-corrected chi connectivity index (χ0v) is 16.2. The molecule has 2 aromatic rings. The smallest absolute Gasteiger partial charge is 0.337 e. The van der Waals surface area contributed by atoms with Crippen LogP contribution in [0, 0.1) is 0 Å². The molecule has 3 rings (SSSR count). The first kappa shape index (κ1) is 19.4. The molecule has 144 valence electrons. The summed E-state index contributed by atoms with van der Waals surface area (Å²) in [4.78, 5) is 11.9. The minimum absolute atomic E-state index is 0.102. The van der Waals surface area contributed by atoms with Crippen LogP contribution in [0.4, 0.5) is 0 Å². The average Bonchev–Trinajstić information content (AvgIpc) is 2.82. The van der Waals surface area contributed by atoms with E-state index in [0.29, 0.717) is 37.6 Å². The molecule has 2 aromatic carbocycles. The molecule has 1 aliphatic rings. The SMILES string of the molecule is COC(=O)c1ccc2c(c1)-c1ccc(OCCCS(C)(=O)=O)cc1COC2. The molecule has 27 heavy (non-hydrogen) atoms. The summed E-state index contributed by atoms with van der Waals surface area (Å²) < 4.78 is 38.6. The lowest BCUT2D eigenvalue weighted by Crippen LogP contribution is -2.08. The summed E-state index contributed by atoms with van der Waals surface area (Å²) in [5, 5.41) is 0. The van der Waals surface area contributed by atoms with Crippen molar-refractivity contribution in [2.45, 2.75) is 19.6 Å². The third-order valence-electron chi connectivity index (χ3n) is 4.34. The molecule has 0 spiro atoms. The zero-order chi connectivity index (χ0) is 19.4. The Morgan fingerprint density at radius 2 is 1.85 bits per heavy atom. The van der Waals surface area contributed by atoms with Crippen LogP contribution in [0.25, 0.3) is 11.1 Å². The molecular formula is C20H22O6S. The van der Waals surface area contributed by atoms with Gasteiger partial charge in [0, 0.05) is 6.26 Å². The molecule has 0 radical (unpaired) electrons. The Hall–Kier alpha value is -2.38. The fourth-order valence-electron chi connectivity index (χ4n) is 3.02. The van der Waals surface area contributed by atoms with Gasteiger partial charge in [0.2, 0.25) is 0 Å². The van der Waals surface area contributed by atoms with Crippen LogP contribution in [0.15, 0.2) is 36.4 Å². The van der Waals surface area contributed by atoms with E-state index in [1.54, 1.807) is 6.07 Å². The predicted molar refractivity (Wildman–Crippen MR) is 102 cm³/mol. The minimum atomic E-state index is -2.98. The van der Waals surface area contributed by atoms with Crippen LogP contribution in [0.5, 0.6) is 5.75 Å². The van der Waals surface area contributed by atoms with Gasteiger partial charge in [-0.3, -0.25) is 0 Å². The largest absolute Gasteiger partial charge is 0.494 e. The van der Waals surface area contributed by atoms with Crippen molar-refractivity contribution in [3.8, 4) is 16.9 Å². The van der Waals surface area contributed by atoms with Crippen molar-refractivity contribution in [1.82, 2.24) is 0 Å². The number of rotatable bonds is 6. The van der Waals surface area contributed by atoms with Crippen LogP contribution in [0.2, 0.25) is 0 Å². The summed E-state index contributed by atoms with van der Waals surface area (Å²) in [6.45, 7) is 1.21. The highest BCUT2D eigenvalue weighted by molar-refractivity contribution is 7.90. The van der Waals surface area contributed by atoms with Crippen molar-refractivity contribution in [2.75, 3.05) is 25.7 Å². The molecule has 0 bridgehead atoms. The number of ether oxygens (including phenoxy) is 3. The summed E-state index contributed by atoms with van der Waals surface area (Å²) >= 11 is 0. The Morgan fingerprint density at radius 1 is 1.07 bits per heavy atom. The van der Waals surface area contributed by atoms with Crippen LogP contribution < -0.4 is 4.74 Å². The lowest BCUT2D eigenvalue weighted by atomic mass is 9.94. The normalized spacial score (nSPS) is 13.3. The van der Waals surface area contributed by atoms with E-state index in [1.807, 2.05) is 30.3 Å². The maximum atomic E-state index is 11.9. The number of hydrogen-bond donors (Lipinski definition) is 0. The molecule has 0 atom stereocenters. The molecule has 1 heterocycles. The first-order chi connectivity index (χ1) is 12.9. The Bertz CT molecular complexity index is 949. The van der Waals surface area contributed by atoms with Gasteiger partial charge < -0.3 is 14.2 Å². The highest BCUT2D eigenvalue weighted by Crippen LogP contribution is 2.34. The Balaban J connectivity index is 1.83. The molecular weight excluding hydrogens is 368 g/mol. The number of esters is 1. The van der Waals surface area contributed by atoms with E-state index in [1.165, 1.54) is 13.4 Å². The highest BCUT2D eigenvalue weighted by atomic mass is 32.2. The van der Waals surface area contributed by atoms with Crippen molar-refractivity contribution >= 4 is 15.8 Å². The summed E-state index contributed by atoms with van der Waals surface area (Å²) in [6.07, 6.45) is 1.66.